The number of rotatable bonds is 13. The van der Waals surface area contributed by atoms with Crippen molar-refractivity contribution in [1.82, 2.24) is 30.2 Å². The minimum Gasteiger partial charge on any atom is -0.388 e. The molecule has 7 rings (SSSR count). The smallest absolute Gasteiger partial charge is 0.263 e. The van der Waals surface area contributed by atoms with E-state index in [-0.39, 0.29) is 45.5 Å². The molecule has 0 radical (unpaired) electrons. The van der Waals surface area contributed by atoms with E-state index in [1.807, 2.05) is 41.3 Å². The number of halogens is 1. The van der Waals surface area contributed by atoms with Crippen molar-refractivity contribution in [1.29, 1.82) is 0 Å². The van der Waals surface area contributed by atoms with Gasteiger partial charge in [-0.2, -0.15) is 9.97 Å². The van der Waals surface area contributed by atoms with Crippen LogP contribution in [0.3, 0.4) is 0 Å². The molecule has 3 aromatic heterocycles. The fourth-order valence-corrected chi connectivity index (χ4v) is 10.4. The molecule has 2 fully saturated rings. The number of fused-ring (bicyclic) bond motifs is 1. The highest BCUT2D eigenvalue weighted by molar-refractivity contribution is 7.92. The van der Waals surface area contributed by atoms with Gasteiger partial charge in [0, 0.05) is 43.4 Å². The van der Waals surface area contributed by atoms with Gasteiger partial charge >= 0.3 is 0 Å². The lowest BCUT2D eigenvalue weighted by Gasteiger charge is -2.22. The van der Waals surface area contributed by atoms with Crippen LogP contribution in [0.2, 0.25) is 5.02 Å². The first-order valence-corrected chi connectivity index (χ1v) is 21.5. The Morgan fingerprint density at radius 2 is 1.68 bits per heavy atom. The SMILES string of the molecule is CCC(=O)N[C@H]1C[C@@H](n2cnc3c(NCC(c4ccccc4)c4ccccc4)nc(N4CC[C@@H](NC(=O)c5scc(S(=O)(=O)C(C)C)c5Cl)C4)nc32)[C@H](O)[C@@H]1O. The number of amides is 2. The molecule has 5 N–H and O–H groups in total. The fraction of sp³-hybridized carbons (Fsp3) is 0.410. The Morgan fingerprint density at radius 1 is 1.00 bits per heavy atom. The Bertz CT molecular complexity index is 2270. The van der Waals surface area contributed by atoms with E-state index in [0.29, 0.717) is 49.0 Å². The summed E-state index contributed by atoms with van der Waals surface area (Å²) in [6, 6.07) is 18.7. The van der Waals surface area contributed by atoms with Gasteiger partial charge in [-0.15, -0.1) is 11.3 Å². The van der Waals surface area contributed by atoms with E-state index >= 15 is 0 Å². The van der Waals surface area contributed by atoms with Crippen molar-refractivity contribution in [3.63, 3.8) is 0 Å². The van der Waals surface area contributed by atoms with E-state index in [0.717, 1.165) is 22.5 Å². The lowest BCUT2D eigenvalue weighted by Crippen LogP contribution is -2.42. The molecule has 296 valence electrons. The number of thiophene rings is 1. The van der Waals surface area contributed by atoms with Crippen LogP contribution < -0.4 is 20.9 Å². The summed E-state index contributed by atoms with van der Waals surface area (Å²) in [6.45, 7) is 6.19. The molecule has 5 aromatic rings. The maximum atomic E-state index is 13.4. The number of aromatic nitrogens is 4. The normalized spacial score (nSPS) is 21.3. The van der Waals surface area contributed by atoms with Crippen molar-refractivity contribution < 1.29 is 28.2 Å². The minimum absolute atomic E-state index is 0.0332. The molecule has 5 atom stereocenters. The number of anilines is 2. The number of hydrogen-bond acceptors (Lipinski definition) is 12. The second kappa shape index (κ2) is 16.5. The molecular weight excluding hydrogens is 776 g/mol. The Kier molecular flexibility index (Phi) is 11.7. The lowest BCUT2D eigenvalue weighted by molar-refractivity contribution is -0.122. The molecule has 0 spiro atoms. The molecule has 56 heavy (non-hydrogen) atoms. The third-order valence-electron chi connectivity index (χ3n) is 10.6. The molecule has 1 aliphatic heterocycles. The molecule has 1 saturated carbocycles. The number of carbonyl (C=O) groups excluding carboxylic acids is 2. The van der Waals surface area contributed by atoms with Crippen LogP contribution in [0.1, 0.15) is 72.8 Å². The van der Waals surface area contributed by atoms with Crippen LogP contribution in [0.15, 0.2) is 77.3 Å². The maximum absolute atomic E-state index is 13.4. The Hall–Kier alpha value is -4.61. The molecule has 2 amide bonds. The predicted octanol–water partition coefficient (Wildman–Crippen LogP) is 4.54. The number of aliphatic hydroxyl groups excluding tert-OH is 2. The quantitative estimate of drug-likeness (QED) is 0.112. The van der Waals surface area contributed by atoms with Crippen molar-refractivity contribution in [3.05, 3.63) is 93.4 Å². The first-order chi connectivity index (χ1) is 26.9. The number of hydrogen-bond donors (Lipinski definition) is 5. The Morgan fingerprint density at radius 3 is 2.32 bits per heavy atom. The molecule has 1 saturated heterocycles. The molecule has 14 nitrogen and oxygen atoms in total. The zero-order valence-corrected chi connectivity index (χ0v) is 33.6. The molecule has 0 unspecified atom stereocenters. The second-order valence-corrected chi connectivity index (χ2v) is 18.2. The number of imidazole rings is 1. The third-order valence-corrected chi connectivity index (χ3v) is 14.5. The van der Waals surface area contributed by atoms with Gasteiger partial charge < -0.3 is 35.6 Å². The number of benzene rings is 2. The van der Waals surface area contributed by atoms with E-state index in [2.05, 4.69) is 40.2 Å². The largest absolute Gasteiger partial charge is 0.388 e. The molecule has 4 heterocycles. The van der Waals surface area contributed by atoms with Gasteiger partial charge in [0.05, 0.1) is 33.6 Å². The highest BCUT2D eigenvalue weighted by Gasteiger charge is 2.44. The third kappa shape index (κ3) is 7.85. The van der Waals surface area contributed by atoms with Crippen LogP contribution in [0.25, 0.3) is 11.2 Å². The number of sulfone groups is 1. The number of nitrogens with one attached hydrogen (secondary N) is 3. The molecule has 0 bridgehead atoms. The van der Waals surface area contributed by atoms with E-state index in [1.54, 1.807) is 31.7 Å². The van der Waals surface area contributed by atoms with Crippen LogP contribution in [0.4, 0.5) is 11.8 Å². The van der Waals surface area contributed by atoms with Gasteiger partial charge in [0.2, 0.25) is 11.9 Å². The topological polar surface area (TPSA) is 192 Å². The summed E-state index contributed by atoms with van der Waals surface area (Å²) in [4.78, 5) is 42.3. The van der Waals surface area contributed by atoms with Gasteiger partial charge in [-0.25, -0.2) is 13.4 Å². The molecular formula is C39H45ClN8O6S2. The molecule has 2 aliphatic rings. The Balaban J connectivity index is 1.19. The van der Waals surface area contributed by atoms with Crippen molar-refractivity contribution in [2.75, 3.05) is 29.9 Å². The van der Waals surface area contributed by atoms with Gasteiger partial charge in [-0.05, 0) is 37.8 Å². The van der Waals surface area contributed by atoms with E-state index < -0.39 is 45.3 Å². The molecule has 1 aliphatic carbocycles. The summed E-state index contributed by atoms with van der Waals surface area (Å²) >= 11 is 7.45. The summed E-state index contributed by atoms with van der Waals surface area (Å²) in [5, 5.41) is 32.2. The van der Waals surface area contributed by atoms with Gasteiger partial charge in [-0.3, -0.25) is 9.59 Å². The summed E-state index contributed by atoms with van der Waals surface area (Å²) < 4.78 is 27.3. The summed E-state index contributed by atoms with van der Waals surface area (Å²) in [7, 11) is -3.67. The average Bonchev–Trinajstić information content (AvgIpc) is 3.99. The van der Waals surface area contributed by atoms with Crippen LogP contribution in [-0.4, -0.2) is 99.1 Å². The number of carbonyl (C=O) groups is 2. The Labute approximate surface area is 334 Å². The molecule has 17 heteroatoms. The first-order valence-electron chi connectivity index (χ1n) is 18.7. The van der Waals surface area contributed by atoms with E-state index in [9.17, 15) is 28.2 Å². The zero-order chi connectivity index (χ0) is 39.7. The first kappa shape index (κ1) is 39.6. The lowest BCUT2D eigenvalue weighted by atomic mass is 9.91. The van der Waals surface area contributed by atoms with Crippen LogP contribution in [0, 0.1) is 0 Å². The van der Waals surface area contributed by atoms with Crippen molar-refractivity contribution in [2.24, 2.45) is 0 Å². The second-order valence-electron chi connectivity index (χ2n) is 14.5. The van der Waals surface area contributed by atoms with E-state index in [4.69, 9.17) is 26.6 Å². The highest BCUT2D eigenvalue weighted by Crippen LogP contribution is 2.37. The number of nitrogens with zero attached hydrogens (tertiary/aromatic N) is 5. The fourth-order valence-electron chi connectivity index (χ4n) is 7.38. The van der Waals surface area contributed by atoms with Crippen LogP contribution in [0.5, 0.6) is 0 Å². The van der Waals surface area contributed by atoms with Crippen molar-refractivity contribution >= 4 is 67.5 Å². The highest BCUT2D eigenvalue weighted by atomic mass is 35.5. The van der Waals surface area contributed by atoms with Gasteiger partial charge in [0.25, 0.3) is 5.91 Å². The standard InChI is InChI=1S/C39H45ClN8O6S2/c1-4-30(49)44-27-17-28(34(51)33(27)50)48-21-42-32-36(41-18-26(23-11-7-5-8-12-23)24-13-9-6-10-14-24)45-39(46-37(32)48)47-16-15-25(19-47)43-38(52)35-31(40)29(20-55-35)56(53,54)22(2)3/h5-14,20-22,25-28,33-34,50-51H,4,15-19H2,1-3H3,(H,43,52)(H,44,49)(H,41,45,46)/t25-,27+,28-,33-,34+/m1/s1. The van der Waals surface area contributed by atoms with Gasteiger partial charge in [0.1, 0.15) is 17.1 Å². The van der Waals surface area contributed by atoms with Crippen LogP contribution >= 0.6 is 22.9 Å². The monoisotopic (exact) mass is 820 g/mol. The molecule has 2 aromatic carbocycles. The number of aliphatic hydroxyl groups is 2. The van der Waals surface area contributed by atoms with Crippen LogP contribution in [-0.2, 0) is 14.6 Å². The summed E-state index contributed by atoms with van der Waals surface area (Å²) in [6.07, 6.45) is 0.258. The minimum atomic E-state index is -3.67. The zero-order valence-electron chi connectivity index (χ0n) is 31.2. The van der Waals surface area contributed by atoms with Crippen molar-refractivity contribution in [3.8, 4) is 0 Å². The van der Waals surface area contributed by atoms with E-state index in [1.165, 1.54) is 5.38 Å². The summed E-state index contributed by atoms with van der Waals surface area (Å²) in [5.41, 5.74) is 3.13. The predicted molar refractivity (Wildman–Crippen MR) is 216 cm³/mol. The average molecular weight is 821 g/mol. The maximum Gasteiger partial charge on any atom is 0.263 e. The summed E-state index contributed by atoms with van der Waals surface area (Å²) in [5.74, 6) is 0.131. The van der Waals surface area contributed by atoms with Gasteiger partial charge in [-0.1, -0.05) is 79.2 Å². The van der Waals surface area contributed by atoms with Gasteiger partial charge in [0.15, 0.2) is 26.8 Å². The van der Waals surface area contributed by atoms with Crippen molar-refractivity contribution in [2.45, 2.75) is 86.4 Å².